The molecule has 1 aliphatic rings. The predicted octanol–water partition coefficient (Wildman–Crippen LogP) is 2.85. The van der Waals surface area contributed by atoms with Crippen molar-refractivity contribution in [1.29, 1.82) is 0 Å². The van der Waals surface area contributed by atoms with Gasteiger partial charge in [-0.2, -0.15) is 0 Å². The lowest BCUT2D eigenvalue weighted by Crippen LogP contribution is -2.37. The predicted molar refractivity (Wildman–Crippen MR) is 72.1 cm³/mol. The standard InChI is InChI=1S/C14H22N2O2/c1-4-17-14-13(6-5-7-15-14)16-12-8-10(2)18-11(3)9-12/h5-7,10-12,16H,4,8-9H2,1-3H3. The summed E-state index contributed by atoms with van der Waals surface area (Å²) >= 11 is 0. The zero-order valence-electron chi connectivity index (χ0n) is 11.3. The molecule has 2 heterocycles. The van der Waals surface area contributed by atoms with Gasteiger partial charge >= 0.3 is 0 Å². The van der Waals surface area contributed by atoms with Crippen LogP contribution in [0.25, 0.3) is 0 Å². The Morgan fingerprint density at radius 1 is 1.39 bits per heavy atom. The van der Waals surface area contributed by atoms with Gasteiger partial charge < -0.3 is 14.8 Å². The highest BCUT2D eigenvalue weighted by molar-refractivity contribution is 5.52. The van der Waals surface area contributed by atoms with E-state index in [4.69, 9.17) is 9.47 Å². The van der Waals surface area contributed by atoms with Crippen molar-refractivity contribution in [2.24, 2.45) is 0 Å². The third-order valence-corrected chi connectivity index (χ3v) is 3.11. The van der Waals surface area contributed by atoms with Crippen LogP contribution in [0.3, 0.4) is 0 Å². The highest BCUT2D eigenvalue weighted by Gasteiger charge is 2.24. The largest absolute Gasteiger partial charge is 0.476 e. The van der Waals surface area contributed by atoms with E-state index in [1.165, 1.54) is 0 Å². The summed E-state index contributed by atoms with van der Waals surface area (Å²) in [5, 5.41) is 3.53. The van der Waals surface area contributed by atoms with E-state index in [1.807, 2.05) is 19.1 Å². The lowest BCUT2D eigenvalue weighted by Gasteiger charge is -2.33. The van der Waals surface area contributed by atoms with E-state index in [2.05, 4.69) is 24.1 Å². The molecule has 0 radical (unpaired) electrons. The summed E-state index contributed by atoms with van der Waals surface area (Å²) in [6.45, 7) is 6.84. The maximum absolute atomic E-state index is 5.74. The lowest BCUT2D eigenvalue weighted by molar-refractivity contribution is -0.0338. The van der Waals surface area contributed by atoms with E-state index in [-0.39, 0.29) is 0 Å². The first-order valence-corrected chi connectivity index (χ1v) is 6.68. The van der Waals surface area contributed by atoms with E-state index in [9.17, 15) is 0 Å². The smallest absolute Gasteiger partial charge is 0.237 e. The van der Waals surface area contributed by atoms with Crippen LogP contribution in [0.5, 0.6) is 5.88 Å². The van der Waals surface area contributed by atoms with Crippen LogP contribution < -0.4 is 10.1 Å². The van der Waals surface area contributed by atoms with Gasteiger partial charge in [0.1, 0.15) is 0 Å². The first-order valence-electron chi connectivity index (χ1n) is 6.68. The number of rotatable bonds is 4. The SMILES string of the molecule is CCOc1ncccc1NC1CC(C)OC(C)C1. The van der Waals surface area contributed by atoms with E-state index in [1.54, 1.807) is 6.20 Å². The van der Waals surface area contributed by atoms with Crippen molar-refractivity contribution in [3.63, 3.8) is 0 Å². The minimum absolute atomic E-state index is 0.304. The van der Waals surface area contributed by atoms with Gasteiger partial charge in [-0.3, -0.25) is 0 Å². The maximum Gasteiger partial charge on any atom is 0.237 e. The molecule has 1 fully saturated rings. The molecule has 1 aromatic rings. The molecular formula is C14H22N2O2. The van der Waals surface area contributed by atoms with Crippen LogP contribution in [-0.2, 0) is 4.74 Å². The Kier molecular flexibility index (Phi) is 4.42. The van der Waals surface area contributed by atoms with Gasteiger partial charge in [-0.25, -0.2) is 4.98 Å². The number of pyridine rings is 1. The average Bonchev–Trinajstić information content (AvgIpc) is 2.30. The van der Waals surface area contributed by atoms with Gasteiger partial charge in [0, 0.05) is 12.2 Å². The highest BCUT2D eigenvalue weighted by atomic mass is 16.5. The van der Waals surface area contributed by atoms with Crippen molar-refractivity contribution in [1.82, 2.24) is 4.98 Å². The fraction of sp³-hybridized carbons (Fsp3) is 0.643. The number of hydrogen-bond acceptors (Lipinski definition) is 4. The molecule has 2 unspecified atom stereocenters. The second-order valence-corrected chi connectivity index (χ2v) is 4.86. The summed E-state index contributed by atoms with van der Waals surface area (Å²) in [6, 6.07) is 4.37. The number of nitrogens with zero attached hydrogens (tertiary/aromatic N) is 1. The topological polar surface area (TPSA) is 43.4 Å². The van der Waals surface area contributed by atoms with E-state index in [0.717, 1.165) is 18.5 Å². The van der Waals surface area contributed by atoms with Crippen molar-refractivity contribution in [2.75, 3.05) is 11.9 Å². The molecule has 1 N–H and O–H groups in total. The van der Waals surface area contributed by atoms with Crippen LogP contribution >= 0.6 is 0 Å². The van der Waals surface area contributed by atoms with Gasteiger partial charge in [-0.05, 0) is 45.7 Å². The normalized spacial score (nSPS) is 27.8. The van der Waals surface area contributed by atoms with Crippen molar-refractivity contribution in [3.05, 3.63) is 18.3 Å². The van der Waals surface area contributed by atoms with Crippen LogP contribution in [-0.4, -0.2) is 29.8 Å². The molecule has 2 atom stereocenters. The number of anilines is 1. The number of nitrogens with one attached hydrogen (secondary N) is 1. The summed E-state index contributed by atoms with van der Waals surface area (Å²) < 4.78 is 11.3. The van der Waals surface area contributed by atoms with E-state index < -0.39 is 0 Å². The first kappa shape index (κ1) is 13.1. The Bertz CT molecular complexity index is 374. The summed E-state index contributed by atoms with van der Waals surface area (Å²) in [5.41, 5.74) is 0.977. The van der Waals surface area contributed by atoms with Crippen molar-refractivity contribution in [2.45, 2.75) is 51.9 Å². The fourth-order valence-electron chi connectivity index (χ4n) is 2.50. The minimum atomic E-state index is 0.304. The van der Waals surface area contributed by atoms with Crippen molar-refractivity contribution >= 4 is 5.69 Å². The third-order valence-electron chi connectivity index (χ3n) is 3.11. The molecule has 0 aromatic carbocycles. The molecule has 4 nitrogen and oxygen atoms in total. The number of aromatic nitrogens is 1. The zero-order valence-corrected chi connectivity index (χ0v) is 11.3. The van der Waals surface area contributed by atoms with Crippen molar-refractivity contribution < 1.29 is 9.47 Å². The molecule has 2 rings (SSSR count). The summed E-state index contributed by atoms with van der Waals surface area (Å²) in [5.74, 6) is 0.687. The van der Waals surface area contributed by atoms with E-state index in [0.29, 0.717) is 30.7 Å². The van der Waals surface area contributed by atoms with Gasteiger partial charge in [0.25, 0.3) is 0 Å². The molecule has 0 saturated carbocycles. The van der Waals surface area contributed by atoms with Gasteiger partial charge in [-0.1, -0.05) is 0 Å². The fourth-order valence-corrected chi connectivity index (χ4v) is 2.50. The Hall–Kier alpha value is -1.29. The van der Waals surface area contributed by atoms with Crippen molar-refractivity contribution in [3.8, 4) is 5.88 Å². The number of hydrogen-bond donors (Lipinski definition) is 1. The Morgan fingerprint density at radius 2 is 2.11 bits per heavy atom. The monoisotopic (exact) mass is 250 g/mol. The average molecular weight is 250 g/mol. The molecule has 1 aliphatic heterocycles. The third kappa shape index (κ3) is 3.35. The quantitative estimate of drug-likeness (QED) is 0.892. The minimum Gasteiger partial charge on any atom is -0.476 e. The maximum atomic E-state index is 5.74. The first-order chi connectivity index (χ1) is 8.69. The molecule has 100 valence electrons. The van der Waals surface area contributed by atoms with E-state index >= 15 is 0 Å². The number of ether oxygens (including phenoxy) is 2. The molecule has 4 heteroatoms. The molecule has 0 spiro atoms. The molecule has 0 aliphatic carbocycles. The lowest BCUT2D eigenvalue weighted by atomic mass is 10.00. The molecule has 1 aromatic heterocycles. The van der Waals surface area contributed by atoms with Crippen LogP contribution in [0, 0.1) is 0 Å². The van der Waals surface area contributed by atoms with Gasteiger partial charge in [0.15, 0.2) is 0 Å². The van der Waals surface area contributed by atoms with Crippen LogP contribution in [0.15, 0.2) is 18.3 Å². The second kappa shape index (κ2) is 6.05. The summed E-state index contributed by atoms with van der Waals surface area (Å²) in [4.78, 5) is 4.26. The Morgan fingerprint density at radius 3 is 2.78 bits per heavy atom. The summed E-state index contributed by atoms with van der Waals surface area (Å²) in [6.07, 6.45) is 4.40. The highest BCUT2D eigenvalue weighted by Crippen LogP contribution is 2.26. The van der Waals surface area contributed by atoms with Gasteiger partial charge in [-0.15, -0.1) is 0 Å². The second-order valence-electron chi connectivity index (χ2n) is 4.86. The van der Waals surface area contributed by atoms with Crippen LogP contribution in [0.4, 0.5) is 5.69 Å². The molecule has 1 saturated heterocycles. The van der Waals surface area contributed by atoms with Gasteiger partial charge in [0.2, 0.25) is 5.88 Å². The molecular weight excluding hydrogens is 228 g/mol. The molecule has 18 heavy (non-hydrogen) atoms. The molecule has 0 amide bonds. The Labute approximate surface area is 109 Å². The Balaban J connectivity index is 2.04. The molecule has 0 bridgehead atoms. The zero-order chi connectivity index (χ0) is 13.0. The summed E-state index contributed by atoms with van der Waals surface area (Å²) in [7, 11) is 0. The van der Waals surface area contributed by atoms with Gasteiger partial charge in [0.05, 0.1) is 24.5 Å². The van der Waals surface area contributed by atoms with Crippen LogP contribution in [0.2, 0.25) is 0 Å². The van der Waals surface area contributed by atoms with Crippen LogP contribution in [0.1, 0.15) is 33.6 Å².